The predicted molar refractivity (Wildman–Crippen MR) is 320 cm³/mol. The van der Waals surface area contributed by atoms with Crippen molar-refractivity contribution in [1.82, 2.24) is 4.90 Å². The zero-order chi connectivity index (χ0) is 70.4. The topological polar surface area (TPSA) is 198 Å². The summed E-state index contributed by atoms with van der Waals surface area (Å²) in [5.41, 5.74) is -24.3. The molecule has 0 aliphatic carbocycles. The van der Waals surface area contributed by atoms with E-state index in [0.717, 1.165) is 30.8 Å². The maximum Gasteiger partial charge on any atom is 0.411 e. The number of alkyl halides is 12. The van der Waals surface area contributed by atoms with Crippen LogP contribution in [-0.4, -0.2) is 103 Å². The fourth-order valence-corrected chi connectivity index (χ4v) is 12.6. The fourth-order valence-electron chi connectivity index (χ4n) is 12.6. The fraction of sp³-hybridized carbons (Fsp3) is 0.157. The Hall–Kier alpha value is -11.6. The Bertz CT molecular complexity index is 4860. The molecule has 1 saturated heterocycles. The van der Waals surface area contributed by atoms with Gasteiger partial charge in [-0.05, 0) is 161 Å². The summed E-state index contributed by atoms with van der Waals surface area (Å²) in [6.45, 7) is 5.47. The number of imide groups is 4. The van der Waals surface area contributed by atoms with E-state index in [1.54, 1.807) is 12.1 Å². The number of halogens is 12. The molecule has 28 heteroatoms. The molecule has 496 valence electrons. The normalized spacial score (nSPS) is 16.3. The number of hydrogen-bond donors (Lipinski definition) is 0. The third kappa shape index (κ3) is 10.1. The highest BCUT2D eigenvalue weighted by molar-refractivity contribution is 6.37. The van der Waals surface area contributed by atoms with Crippen LogP contribution in [0.5, 0.6) is 17.2 Å². The summed E-state index contributed by atoms with van der Waals surface area (Å²) in [7, 11) is 0.939. The van der Waals surface area contributed by atoms with Crippen LogP contribution in [0.4, 0.5) is 69.7 Å². The second-order valence-electron chi connectivity index (χ2n) is 23.4. The molecule has 8 aromatic carbocycles. The number of fused-ring (bicyclic) bond motifs is 4. The van der Waals surface area contributed by atoms with E-state index in [9.17, 15) is 43.2 Å². The van der Waals surface area contributed by atoms with Crippen molar-refractivity contribution in [3.8, 4) is 28.4 Å². The molecule has 0 radical (unpaired) electrons. The SMILES string of the molecule is C=C(C)C(=O)Oc1ccc(-c2cc(N3C(=O)c4ccc(C(c5ccc6c(c5)C(=O)N(C)C6=O)(C(F)(F)F)C(F)(F)F)cc4C3=O)cc(N3C(=O)c4ccc(C(c5ccc6c(c5)C(=O)N(c5ccc(Oc7ccc(CC8CO8)cc7)cc5)C6=O)(C(F)(F)F)C(F)(F)F)cc4C3=O)c2)cc1. The van der Waals surface area contributed by atoms with Crippen molar-refractivity contribution in [2.75, 3.05) is 28.4 Å². The Balaban J connectivity index is 0.861. The van der Waals surface area contributed by atoms with Gasteiger partial charge in [-0.1, -0.05) is 55.1 Å². The summed E-state index contributed by atoms with van der Waals surface area (Å²) in [5, 5.41) is 0. The lowest BCUT2D eigenvalue weighted by molar-refractivity contribution is -0.290. The van der Waals surface area contributed by atoms with E-state index in [2.05, 4.69) is 6.58 Å². The molecular weight excluding hydrogens is 1320 g/mol. The molecule has 16 nitrogen and oxygen atoms in total. The van der Waals surface area contributed by atoms with Gasteiger partial charge in [-0.2, -0.15) is 52.7 Å². The first-order chi connectivity index (χ1) is 46.1. The summed E-state index contributed by atoms with van der Waals surface area (Å²) in [5.74, 6) is -11.2. The number of epoxide rings is 1. The Labute approximate surface area is 543 Å². The van der Waals surface area contributed by atoms with E-state index in [0.29, 0.717) is 65.0 Å². The highest BCUT2D eigenvalue weighted by Gasteiger charge is 2.74. The number of benzene rings is 8. The molecule has 1 fully saturated rings. The second-order valence-corrected chi connectivity index (χ2v) is 23.4. The average molecular weight is 1360 g/mol. The molecule has 1 atom stereocenters. The van der Waals surface area contributed by atoms with E-state index in [4.69, 9.17) is 14.2 Å². The number of esters is 1. The van der Waals surface area contributed by atoms with Crippen LogP contribution >= 0.6 is 0 Å². The third-order valence-corrected chi connectivity index (χ3v) is 17.5. The lowest BCUT2D eigenvalue weighted by Gasteiger charge is -2.38. The number of nitrogens with zero attached hydrogens (tertiary/aromatic N) is 4. The largest absolute Gasteiger partial charge is 0.457 e. The molecule has 13 rings (SSSR count). The van der Waals surface area contributed by atoms with Crippen molar-refractivity contribution in [3.63, 3.8) is 0 Å². The number of ether oxygens (including phenoxy) is 3. The van der Waals surface area contributed by atoms with Crippen molar-refractivity contribution in [1.29, 1.82) is 0 Å². The number of hydrogen-bond acceptors (Lipinski definition) is 12. The maximum atomic E-state index is 16.0. The van der Waals surface area contributed by atoms with Crippen LogP contribution in [0.1, 0.15) is 118 Å². The molecule has 0 bridgehead atoms. The van der Waals surface area contributed by atoms with E-state index in [1.807, 2.05) is 12.1 Å². The van der Waals surface area contributed by atoms with Crippen molar-refractivity contribution < 1.29 is 110 Å². The highest BCUT2D eigenvalue weighted by Crippen LogP contribution is 2.59. The first-order valence-electron chi connectivity index (χ1n) is 29.0. The highest BCUT2D eigenvalue weighted by atomic mass is 19.4. The van der Waals surface area contributed by atoms with Crippen LogP contribution in [0.25, 0.3) is 11.1 Å². The minimum absolute atomic E-state index is 0.0139. The number of rotatable bonds is 14. The van der Waals surface area contributed by atoms with Crippen molar-refractivity contribution in [3.05, 3.63) is 248 Å². The van der Waals surface area contributed by atoms with E-state index in [1.165, 1.54) is 55.5 Å². The zero-order valence-corrected chi connectivity index (χ0v) is 50.0. The predicted octanol–water partition coefficient (Wildman–Crippen LogP) is 14.0. The Kier molecular flexibility index (Phi) is 15.0. The van der Waals surface area contributed by atoms with Gasteiger partial charge < -0.3 is 14.2 Å². The first kappa shape index (κ1) is 65.1. The lowest BCUT2D eigenvalue weighted by Crippen LogP contribution is -2.55. The first-order valence-corrected chi connectivity index (χ1v) is 29.0. The van der Waals surface area contributed by atoms with Gasteiger partial charge in [0.1, 0.15) is 17.2 Å². The van der Waals surface area contributed by atoms with Crippen LogP contribution in [0.2, 0.25) is 0 Å². The maximum absolute atomic E-state index is 16.0. The summed E-state index contributed by atoms with van der Waals surface area (Å²) in [6.07, 6.45) is -24.7. The smallest absolute Gasteiger partial charge is 0.411 e. The van der Waals surface area contributed by atoms with Gasteiger partial charge in [0.15, 0.2) is 0 Å². The number of carbonyl (C=O) groups excluding carboxylic acids is 9. The summed E-state index contributed by atoms with van der Waals surface area (Å²) < 4.78 is 206. The van der Waals surface area contributed by atoms with Gasteiger partial charge in [0.05, 0.1) is 74.3 Å². The van der Waals surface area contributed by atoms with Gasteiger partial charge in [-0.3, -0.25) is 43.3 Å². The van der Waals surface area contributed by atoms with E-state index < -0.39 is 167 Å². The van der Waals surface area contributed by atoms with Gasteiger partial charge in [-0.25, -0.2) is 19.5 Å². The Morgan fingerprint density at radius 2 is 0.745 bits per heavy atom. The molecule has 0 saturated carbocycles. The quantitative estimate of drug-likeness (QED) is 0.0250. The minimum Gasteiger partial charge on any atom is -0.457 e. The van der Waals surface area contributed by atoms with Crippen LogP contribution in [0.3, 0.4) is 0 Å². The van der Waals surface area contributed by atoms with Gasteiger partial charge >= 0.3 is 30.7 Å². The molecule has 5 aliphatic heterocycles. The van der Waals surface area contributed by atoms with Crippen molar-refractivity contribution in [2.45, 2.75) is 55.0 Å². The van der Waals surface area contributed by atoms with Gasteiger partial charge in [-0.15, -0.1) is 0 Å². The van der Waals surface area contributed by atoms with Crippen LogP contribution < -0.4 is 24.2 Å². The molecule has 8 aromatic rings. The third-order valence-electron chi connectivity index (χ3n) is 17.5. The van der Waals surface area contributed by atoms with Crippen LogP contribution in [0, 0.1) is 0 Å². The number of carbonyl (C=O) groups is 9. The molecule has 0 aromatic heterocycles. The molecule has 0 spiro atoms. The van der Waals surface area contributed by atoms with Gasteiger partial charge in [0.2, 0.25) is 10.8 Å². The van der Waals surface area contributed by atoms with Crippen LogP contribution in [0.15, 0.2) is 176 Å². The average Bonchev–Trinajstić information content (AvgIpc) is 1.11. The van der Waals surface area contributed by atoms with Gasteiger partial charge in [0, 0.05) is 19.0 Å². The lowest BCUT2D eigenvalue weighted by atomic mass is 9.71. The van der Waals surface area contributed by atoms with E-state index in [-0.39, 0.29) is 86.2 Å². The summed E-state index contributed by atoms with van der Waals surface area (Å²) in [4.78, 5) is 126. The molecule has 5 aliphatic rings. The molecule has 5 heterocycles. The molecular formula is C70H40F12N4O12. The molecule has 8 amide bonds. The zero-order valence-electron chi connectivity index (χ0n) is 50.0. The van der Waals surface area contributed by atoms with Gasteiger partial charge in [0.25, 0.3) is 47.3 Å². The van der Waals surface area contributed by atoms with Crippen molar-refractivity contribution in [2.24, 2.45) is 0 Å². The van der Waals surface area contributed by atoms with Crippen LogP contribution in [-0.2, 0) is 26.8 Å². The summed E-state index contributed by atoms with van der Waals surface area (Å²) >= 11 is 0. The number of amides is 8. The molecule has 1 unspecified atom stereocenters. The number of anilines is 3. The van der Waals surface area contributed by atoms with E-state index >= 15 is 52.7 Å². The standard InChI is InChI=1S/C70H40F12N4O12/c1-33(2)64(95)98-46-16-6-35(7-17-46)36-25-42(85-59(90)50-22-10-39(29-54(50)62(85)93)65(67(71,72)73,68(74,75)76)37-8-20-48-52(27-37)57(88)83(3)56(48)87)31-43(26-36)86-60(91)51-23-11-40(30-55(51)63(86)94)66(69(77,78)79,70(80,81)82)38-9-21-49-53(28-38)61(92)84(58(49)89)41-12-18-45(19-13-41)97-44-14-4-34(5-15-44)24-47-32-96-47/h4-23,25-31,47H,1,24,32H2,2-3H3. The second kappa shape index (κ2) is 22.5. The summed E-state index contributed by atoms with van der Waals surface area (Å²) in [6, 6.07) is 24.0. The Morgan fingerprint density at radius 1 is 0.418 bits per heavy atom. The Morgan fingerprint density at radius 3 is 1.11 bits per heavy atom. The molecule has 0 N–H and O–H groups in total. The van der Waals surface area contributed by atoms with Crippen molar-refractivity contribution >= 4 is 70.3 Å². The monoisotopic (exact) mass is 1360 g/mol. The molecule has 98 heavy (non-hydrogen) atoms. The minimum atomic E-state index is -6.41.